The molecule has 0 radical (unpaired) electrons. The van der Waals surface area contributed by atoms with Crippen molar-refractivity contribution < 1.29 is 43.1 Å². The maximum absolute atomic E-state index is 13.3. The summed E-state index contributed by atoms with van der Waals surface area (Å²) in [6.45, 7) is 10.8. The number of hydrogen-bond donors (Lipinski definition) is 1. The molecule has 0 saturated heterocycles. The van der Waals surface area contributed by atoms with Crippen LogP contribution in [0.3, 0.4) is 0 Å². The van der Waals surface area contributed by atoms with Crippen molar-refractivity contribution in [2.24, 2.45) is 0 Å². The summed E-state index contributed by atoms with van der Waals surface area (Å²) in [6, 6.07) is 3.51. The van der Waals surface area contributed by atoms with Gasteiger partial charge in [0, 0.05) is 0 Å². The summed E-state index contributed by atoms with van der Waals surface area (Å²) in [7, 11) is 0. The second kappa shape index (κ2) is 39.2. The van der Waals surface area contributed by atoms with Gasteiger partial charge in [0.25, 0.3) is 0 Å². The Labute approximate surface area is 330 Å². The lowest BCUT2D eigenvalue weighted by Crippen LogP contribution is -2.15. The van der Waals surface area contributed by atoms with E-state index < -0.39 is 5.97 Å². The molecule has 0 spiro atoms. The first-order valence-corrected chi connectivity index (χ1v) is 22.2. The molecule has 0 saturated carbocycles. The first-order chi connectivity index (χ1) is 26.7. The van der Waals surface area contributed by atoms with Gasteiger partial charge in [0.15, 0.2) is 11.5 Å². The van der Waals surface area contributed by atoms with E-state index in [1.807, 2.05) is 0 Å². The lowest BCUT2D eigenvalue weighted by Gasteiger charge is -2.19. The number of ether oxygens (including phenoxy) is 7. The van der Waals surface area contributed by atoms with E-state index in [2.05, 4.69) is 20.8 Å². The Bertz CT molecular complexity index is 914. The Balaban J connectivity index is 2.87. The van der Waals surface area contributed by atoms with Crippen molar-refractivity contribution in [3.63, 3.8) is 0 Å². The van der Waals surface area contributed by atoms with Crippen LogP contribution in [-0.4, -0.2) is 83.8 Å². The van der Waals surface area contributed by atoms with E-state index in [0.717, 1.165) is 38.5 Å². The van der Waals surface area contributed by atoms with E-state index in [0.29, 0.717) is 75.7 Å². The highest BCUT2D eigenvalue weighted by atomic mass is 16.6. The second-order valence-corrected chi connectivity index (χ2v) is 14.5. The van der Waals surface area contributed by atoms with Crippen molar-refractivity contribution in [1.29, 1.82) is 0 Å². The van der Waals surface area contributed by atoms with Crippen LogP contribution in [0.5, 0.6) is 17.2 Å². The van der Waals surface area contributed by atoms with Gasteiger partial charge in [-0.1, -0.05) is 156 Å². The monoisotopic (exact) mass is 767 g/mol. The number of esters is 1. The fourth-order valence-corrected chi connectivity index (χ4v) is 6.18. The molecule has 0 unspecified atom stereocenters. The first kappa shape index (κ1) is 49.9. The summed E-state index contributed by atoms with van der Waals surface area (Å²) in [6.07, 6.45) is 29.3. The van der Waals surface area contributed by atoms with Crippen LogP contribution in [0.15, 0.2) is 12.1 Å². The van der Waals surface area contributed by atoms with E-state index in [1.54, 1.807) is 12.1 Å². The van der Waals surface area contributed by atoms with Gasteiger partial charge in [0.1, 0.15) is 6.61 Å². The van der Waals surface area contributed by atoms with Crippen LogP contribution >= 0.6 is 0 Å². The standard InChI is InChI=1S/C45H82O9/c1-4-7-10-13-16-19-22-25-29-51-42-39-41(45(47)54-38-37-50-36-35-49-34-33-48-32-28-46)40-43(52-30-26-23-20-17-14-11-8-5-2)44(42)53-31-27-24-21-18-15-12-9-6-3/h39-40,46H,4-38H2,1-3H3. The van der Waals surface area contributed by atoms with Gasteiger partial charge >= 0.3 is 5.97 Å². The predicted octanol–water partition coefficient (Wildman–Crippen LogP) is 11.4. The van der Waals surface area contributed by atoms with Gasteiger partial charge in [-0.3, -0.25) is 0 Å². The van der Waals surface area contributed by atoms with Gasteiger partial charge in [-0.25, -0.2) is 4.79 Å². The van der Waals surface area contributed by atoms with E-state index in [9.17, 15) is 4.79 Å². The van der Waals surface area contributed by atoms with Crippen molar-refractivity contribution in [2.45, 2.75) is 175 Å². The predicted molar refractivity (Wildman–Crippen MR) is 221 cm³/mol. The summed E-state index contributed by atoms with van der Waals surface area (Å²) in [4.78, 5) is 13.3. The molecule has 9 heteroatoms. The second-order valence-electron chi connectivity index (χ2n) is 14.5. The Morgan fingerprint density at radius 1 is 0.426 bits per heavy atom. The zero-order valence-electron chi connectivity index (χ0n) is 35.1. The molecule has 316 valence electrons. The molecule has 1 aromatic carbocycles. The van der Waals surface area contributed by atoms with Crippen LogP contribution in [0.2, 0.25) is 0 Å². The summed E-state index contributed by atoms with van der Waals surface area (Å²) in [5.41, 5.74) is 0.387. The fourth-order valence-electron chi connectivity index (χ4n) is 6.18. The van der Waals surface area contributed by atoms with Crippen molar-refractivity contribution in [2.75, 3.05) is 72.7 Å². The van der Waals surface area contributed by atoms with E-state index in [4.69, 9.17) is 38.3 Å². The number of hydrogen-bond acceptors (Lipinski definition) is 9. The summed E-state index contributed by atoms with van der Waals surface area (Å²) >= 11 is 0. The summed E-state index contributed by atoms with van der Waals surface area (Å²) < 4.78 is 41.0. The third-order valence-corrected chi connectivity index (χ3v) is 9.45. The molecule has 0 aromatic heterocycles. The molecule has 1 N–H and O–H groups in total. The minimum atomic E-state index is -0.445. The highest BCUT2D eigenvalue weighted by molar-refractivity contribution is 5.91. The third-order valence-electron chi connectivity index (χ3n) is 9.45. The zero-order valence-corrected chi connectivity index (χ0v) is 35.1. The third kappa shape index (κ3) is 29.2. The number of benzene rings is 1. The van der Waals surface area contributed by atoms with E-state index in [1.165, 1.54) is 116 Å². The molecule has 0 amide bonds. The molecule has 0 aliphatic rings. The molecular formula is C45H82O9. The van der Waals surface area contributed by atoms with Gasteiger partial charge in [-0.15, -0.1) is 0 Å². The Morgan fingerprint density at radius 3 is 1.15 bits per heavy atom. The van der Waals surface area contributed by atoms with Crippen LogP contribution in [-0.2, 0) is 18.9 Å². The number of carbonyl (C=O) groups excluding carboxylic acids is 1. The van der Waals surface area contributed by atoms with Crippen molar-refractivity contribution >= 4 is 5.97 Å². The molecule has 0 atom stereocenters. The van der Waals surface area contributed by atoms with Gasteiger partial charge < -0.3 is 38.3 Å². The van der Waals surface area contributed by atoms with Crippen molar-refractivity contribution in [3.05, 3.63) is 17.7 Å². The maximum atomic E-state index is 13.3. The molecule has 9 nitrogen and oxygen atoms in total. The normalized spacial score (nSPS) is 11.3. The molecular weight excluding hydrogens is 684 g/mol. The van der Waals surface area contributed by atoms with E-state index in [-0.39, 0.29) is 19.8 Å². The minimum absolute atomic E-state index is 0.000398. The number of unbranched alkanes of at least 4 members (excludes halogenated alkanes) is 21. The Hall–Kier alpha value is -2.07. The average Bonchev–Trinajstić information content (AvgIpc) is 3.18. The van der Waals surface area contributed by atoms with Crippen LogP contribution in [0.4, 0.5) is 0 Å². The van der Waals surface area contributed by atoms with Crippen molar-refractivity contribution in [3.8, 4) is 17.2 Å². The minimum Gasteiger partial charge on any atom is -0.490 e. The number of aliphatic hydroxyl groups excluding tert-OH is 1. The first-order valence-electron chi connectivity index (χ1n) is 22.2. The summed E-state index contributed by atoms with van der Waals surface area (Å²) in [5, 5.41) is 8.75. The number of carbonyl (C=O) groups is 1. The van der Waals surface area contributed by atoms with Crippen LogP contribution in [0.25, 0.3) is 0 Å². The Morgan fingerprint density at radius 2 is 0.759 bits per heavy atom. The lowest BCUT2D eigenvalue weighted by atomic mass is 10.1. The van der Waals surface area contributed by atoms with Crippen LogP contribution in [0.1, 0.15) is 185 Å². The molecule has 0 aliphatic heterocycles. The zero-order chi connectivity index (χ0) is 39.0. The SMILES string of the molecule is CCCCCCCCCCOc1cc(C(=O)OCCOCCOCCOCCO)cc(OCCCCCCCCCC)c1OCCCCCCCCCC. The van der Waals surface area contributed by atoms with Gasteiger partial charge in [0.2, 0.25) is 5.75 Å². The van der Waals surface area contributed by atoms with Gasteiger partial charge in [0.05, 0.1) is 71.6 Å². The van der Waals surface area contributed by atoms with Crippen LogP contribution in [0, 0.1) is 0 Å². The molecule has 1 rings (SSSR count). The largest absolute Gasteiger partial charge is 0.490 e. The molecule has 0 fully saturated rings. The van der Waals surface area contributed by atoms with E-state index >= 15 is 0 Å². The molecule has 0 aliphatic carbocycles. The number of rotatable bonds is 42. The summed E-state index contributed by atoms with van der Waals surface area (Å²) in [5.74, 6) is 1.25. The highest BCUT2D eigenvalue weighted by Crippen LogP contribution is 2.40. The molecule has 54 heavy (non-hydrogen) atoms. The number of aliphatic hydroxyl groups is 1. The topological polar surface area (TPSA) is 102 Å². The fraction of sp³-hybridized carbons (Fsp3) is 0.844. The average molecular weight is 767 g/mol. The lowest BCUT2D eigenvalue weighted by molar-refractivity contribution is -0.00315. The quantitative estimate of drug-likeness (QED) is 0.0514. The maximum Gasteiger partial charge on any atom is 0.338 e. The smallest absolute Gasteiger partial charge is 0.338 e. The van der Waals surface area contributed by atoms with Crippen molar-refractivity contribution in [1.82, 2.24) is 0 Å². The Kier molecular flexibility index (Phi) is 36.2. The van der Waals surface area contributed by atoms with Gasteiger partial charge in [-0.05, 0) is 31.4 Å². The highest BCUT2D eigenvalue weighted by Gasteiger charge is 2.20. The van der Waals surface area contributed by atoms with Gasteiger partial charge in [-0.2, -0.15) is 0 Å². The molecule has 0 bridgehead atoms. The molecule has 0 heterocycles. The van der Waals surface area contributed by atoms with Crippen LogP contribution < -0.4 is 14.2 Å². The molecule has 1 aromatic rings.